The fraction of sp³-hybridized carbons (Fsp3) is 0.417. The summed E-state index contributed by atoms with van der Waals surface area (Å²) in [7, 11) is 1.84. The van der Waals surface area contributed by atoms with Gasteiger partial charge in [-0.05, 0) is 49.0 Å². The highest BCUT2D eigenvalue weighted by atomic mass is 32.2. The van der Waals surface area contributed by atoms with Gasteiger partial charge < -0.3 is 5.73 Å². The monoisotopic (exact) mass is 238 g/mol. The number of amides is 1. The zero-order chi connectivity index (χ0) is 12.1. The number of primary amides is 1. The zero-order valence-electron chi connectivity index (χ0n) is 9.96. The molecule has 0 radical (unpaired) electrons. The van der Waals surface area contributed by atoms with Gasteiger partial charge in [0.05, 0.1) is 5.56 Å². The normalized spacial score (nSPS) is 10.4. The summed E-state index contributed by atoms with van der Waals surface area (Å²) >= 11 is 1.46. The van der Waals surface area contributed by atoms with E-state index in [0.29, 0.717) is 5.56 Å². The molecule has 1 aromatic rings. The molecule has 4 heteroatoms. The van der Waals surface area contributed by atoms with Crippen LogP contribution in [0, 0.1) is 0 Å². The van der Waals surface area contributed by atoms with E-state index in [4.69, 9.17) is 5.73 Å². The predicted molar refractivity (Wildman–Crippen MR) is 68.6 cm³/mol. The molecule has 0 aliphatic rings. The molecule has 1 amide bonds. The van der Waals surface area contributed by atoms with E-state index in [0.717, 1.165) is 17.7 Å². The third-order valence-corrected chi connectivity index (χ3v) is 3.44. The van der Waals surface area contributed by atoms with Crippen molar-refractivity contribution in [3.63, 3.8) is 0 Å². The Morgan fingerprint density at radius 3 is 2.50 bits per heavy atom. The molecule has 0 heterocycles. The van der Waals surface area contributed by atoms with E-state index in [1.807, 2.05) is 19.2 Å². The van der Waals surface area contributed by atoms with Gasteiger partial charge in [-0.15, -0.1) is 0 Å². The smallest absolute Gasteiger partial charge is 0.249 e. The van der Waals surface area contributed by atoms with Crippen molar-refractivity contribution in [3.05, 3.63) is 28.8 Å². The van der Waals surface area contributed by atoms with Crippen molar-refractivity contribution in [1.82, 2.24) is 4.72 Å². The van der Waals surface area contributed by atoms with Gasteiger partial charge >= 0.3 is 0 Å². The lowest BCUT2D eigenvalue weighted by Gasteiger charge is -2.14. The first-order valence-electron chi connectivity index (χ1n) is 5.43. The van der Waals surface area contributed by atoms with E-state index in [1.165, 1.54) is 23.1 Å². The maximum atomic E-state index is 11.3. The minimum Gasteiger partial charge on any atom is -0.366 e. The van der Waals surface area contributed by atoms with E-state index < -0.39 is 0 Å². The lowest BCUT2D eigenvalue weighted by molar-refractivity contribution is 0.0997. The topological polar surface area (TPSA) is 55.1 Å². The summed E-state index contributed by atoms with van der Waals surface area (Å²) in [6.45, 7) is 4.21. The van der Waals surface area contributed by atoms with Crippen LogP contribution in [0.5, 0.6) is 0 Å². The Kier molecular flexibility index (Phi) is 4.83. The SMILES string of the molecule is CCc1ccc(C(N)=O)c(SNC)c1CC. The van der Waals surface area contributed by atoms with Crippen LogP contribution in [-0.2, 0) is 12.8 Å². The molecular formula is C12H18N2OS. The number of benzene rings is 1. The lowest BCUT2D eigenvalue weighted by Crippen LogP contribution is -2.15. The van der Waals surface area contributed by atoms with Crippen LogP contribution in [0.25, 0.3) is 0 Å². The minimum absolute atomic E-state index is 0.366. The van der Waals surface area contributed by atoms with Gasteiger partial charge in [0, 0.05) is 4.90 Å². The Bertz CT molecular complexity index is 391. The summed E-state index contributed by atoms with van der Waals surface area (Å²) in [6.07, 6.45) is 1.88. The van der Waals surface area contributed by atoms with Crippen LogP contribution in [0.15, 0.2) is 17.0 Å². The molecule has 1 rings (SSSR count). The molecule has 0 bridgehead atoms. The number of carbonyl (C=O) groups is 1. The van der Waals surface area contributed by atoms with Gasteiger partial charge in [0.1, 0.15) is 0 Å². The summed E-state index contributed by atoms with van der Waals surface area (Å²) in [4.78, 5) is 12.3. The van der Waals surface area contributed by atoms with Gasteiger partial charge in [0.2, 0.25) is 5.91 Å². The Morgan fingerprint density at radius 1 is 1.38 bits per heavy atom. The molecule has 0 fully saturated rings. The maximum Gasteiger partial charge on any atom is 0.249 e. The van der Waals surface area contributed by atoms with Crippen molar-refractivity contribution < 1.29 is 4.79 Å². The molecule has 1 aromatic carbocycles. The van der Waals surface area contributed by atoms with Crippen LogP contribution in [0.4, 0.5) is 0 Å². The third-order valence-electron chi connectivity index (χ3n) is 2.56. The Labute approximate surface area is 101 Å². The largest absolute Gasteiger partial charge is 0.366 e. The summed E-state index contributed by atoms with van der Waals surface area (Å²) in [5.74, 6) is -0.366. The first-order valence-corrected chi connectivity index (χ1v) is 6.25. The van der Waals surface area contributed by atoms with Gasteiger partial charge in [0.15, 0.2) is 0 Å². The van der Waals surface area contributed by atoms with Crippen molar-refractivity contribution in [2.75, 3.05) is 7.05 Å². The number of nitrogens with one attached hydrogen (secondary N) is 1. The second-order valence-corrected chi connectivity index (χ2v) is 4.48. The second-order valence-electron chi connectivity index (χ2n) is 3.46. The average Bonchev–Trinajstić information content (AvgIpc) is 2.28. The molecule has 0 unspecified atom stereocenters. The number of rotatable bonds is 5. The lowest BCUT2D eigenvalue weighted by atomic mass is 9.99. The molecule has 3 nitrogen and oxygen atoms in total. The maximum absolute atomic E-state index is 11.3. The summed E-state index contributed by atoms with van der Waals surface area (Å²) in [6, 6.07) is 3.82. The molecule has 0 saturated carbocycles. The average molecular weight is 238 g/mol. The van der Waals surface area contributed by atoms with Crippen LogP contribution in [0.3, 0.4) is 0 Å². The fourth-order valence-electron chi connectivity index (χ4n) is 1.80. The first kappa shape index (κ1) is 13.1. The molecule has 3 N–H and O–H groups in total. The second kappa shape index (κ2) is 5.92. The van der Waals surface area contributed by atoms with E-state index in [1.54, 1.807) is 0 Å². The number of aryl methyl sites for hydroxylation is 1. The van der Waals surface area contributed by atoms with E-state index in [9.17, 15) is 4.79 Å². The number of nitrogens with two attached hydrogens (primary N) is 1. The Morgan fingerprint density at radius 2 is 2.06 bits per heavy atom. The van der Waals surface area contributed by atoms with Gasteiger partial charge in [-0.1, -0.05) is 19.9 Å². The molecule has 0 aliphatic heterocycles. The standard InChI is InChI=1S/C12H18N2OS/c1-4-8-6-7-10(12(13)15)11(16-14-3)9(8)5-2/h6-7,14H,4-5H2,1-3H3,(H2,13,15). The van der Waals surface area contributed by atoms with Crippen molar-refractivity contribution in [2.24, 2.45) is 5.73 Å². The molecule has 16 heavy (non-hydrogen) atoms. The van der Waals surface area contributed by atoms with Gasteiger partial charge in [-0.25, -0.2) is 0 Å². The molecule has 0 aromatic heterocycles. The van der Waals surface area contributed by atoms with E-state index in [2.05, 4.69) is 18.6 Å². The van der Waals surface area contributed by atoms with Crippen LogP contribution in [-0.4, -0.2) is 13.0 Å². The number of carbonyl (C=O) groups excluding carboxylic acids is 1. The molecule has 88 valence electrons. The minimum atomic E-state index is -0.366. The summed E-state index contributed by atoms with van der Waals surface area (Å²) in [5.41, 5.74) is 8.49. The van der Waals surface area contributed by atoms with Gasteiger partial charge in [0.25, 0.3) is 0 Å². The first-order chi connectivity index (χ1) is 7.65. The molecule has 0 saturated heterocycles. The third kappa shape index (κ3) is 2.57. The molecule has 0 atom stereocenters. The molecule has 0 spiro atoms. The summed E-state index contributed by atoms with van der Waals surface area (Å²) < 4.78 is 3.01. The Hall–Kier alpha value is -1.00. The van der Waals surface area contributed by atoms with Crippen LogP contribution in [0.1, 0.15) is 35.3 Å². The highest BCUT2D eigenvalue weighted by molar-refractivity contribution is 7.97. The quantitative estimate of drug-likeness (QED) is 0.773. The summed E-state index contributed by atoms with van der Waals surface area (Å²) in [5, 5.41) is 0. The van der Waals surface area contributed by atoms with Crippen molar-refractivity contribution in [2.45, 2.75) is 31.6 Å². The number of hydrogen-bond donors (Lipinski definition) is 2. The highest BCUT2D eigenvalue weighted by Gasteiger charge is 2.14. The predicted octanol–water partition coefficient (Wildman–Crippen LogP) is 2.14. The zero-order valence-corrected chi connectivity index (χ0v) is 10.8. The van der Waals surface area contributed by atoms with Crippen molar-refractivity contribution in [3.8, 4) is 0 Å². The molecular weight excluding hydrogens is 220 g/mol. The van der Waals surface area contributed by atoms with E-state index in [-0.39, 0.29) is 5.91 Å². The van der Waals surface area contributed by atoms with Gasteiger partial charge in [-0.3, -0.25) is 9.52 Å². The molecule has 0 aliphatic carbocycles. The van der Waals surface area contributed by atoms with Crippen LogP contribution in [0.2, 0.25) is 0 Å². The van der Waals surface area contributed by atoms with Crippen molar-refractivity contribution >= 4 is 17.9 Å². The highest BCUT2D eigenvalue weighted by Crippen LogP contribution is 2.28. The van der Waals surface area contributed by atoms with E-state index >= 15 is 0 Å². The van der Waals surface area contributed by atoms with Crippen LogP contribution < -0.4 is 10.5 Å². The van der Waals surface area contributed by atoms with Gasteiger partial charge in [-0.2, -0.15) is 0 Å². The van der Waals surface area contributed by atoms with Crippen molar-refractivity contribution in [1.29, 1.82) is 0 Å². The Balaban J connectivity index is 3.37. The van der Waals surface area contributed by atoms with Crippen LogP contribution >= 0.6 is 11.9 Å². The number of hydrogen-bond acceptors (Lipinski definition) is 3. The fourth-order valence-corrected chi connectivity index (χ4v) is 2.68.